The van der Waals surface area contributed by atoms with E-state index in [1.807, 2.05) is 0 Å². The molecular formula is C13H20N2O2S. The Hall–Kier alpha value is -0.970. The molecule has 2 rings (SSSR count). The first-order valence-electron chi connectivity index (χ1n) is 6.59. The number of amides is 2. The third-order valence-corrected chi connectivity index (χ3v) is 4.92. The fourth-order valence-electron chi connectivity index (χ4n) is 3.08. The van der Waals surface area contributed by atoms with Crippen LogP contribution in [-0.4, -0.2) is 27.2 Å². The molecule has 2 amide bonds. The zero-order valence-corrected chi connectivity index (χ0v) is 11.8. The van der Waals surface area contributed by atoms with Crippen LogP contribution < -0.4 is 5.73 Å². The van der Waals surface area contributed by atoms with Crippen LogP contribution in [0.5, 0.6) is 0 Å². The lowest BCUT2D eigenvalue weighted by Crippen LogP contribution is -2.60. The van der Waals surface area contributed by atoms with Gasteiger partial charge in [0.1, 0.15) is 5.54 Å². The Morgan fingerprint density at radius 2 is 1.61 bits per heavy atom. The molecule has 1 aliphatic heterocycles. The summed E-state index contributed by atoms with van der Waals surface area (Å²) in [5.74, 6) is -0.735. The van der Waals surface area contributed by atoms with E-state index in [1.54, 1.807) is 13.8 Å². The third kappa shape index (κ3) is 1.76. The first kappa shape index (κ1) is 13.5. The van der Waals surface area contributed by atoms with Crippen molar-refractivity contribution in [3.05, 3.63) is 0 Å². The van der Waals surface area contributed by atoms with Crippen molar-refractivity contribution in [1.29, 1.82) is 0 Å². The summed E-state index contributed by atoms with van der Waals surface area (Å²) in [7, 11) is 0. The van der Waals surface area contributed by atoms with E-state index in [2.05, 4.69) is 0 Å². The summed E-state index contributed by atoms with van der Waals surface area (Å²) >= 11 is 5.18. The summed E-state index contributed by atoms with van der Waals surface area (Å²) in [6.07, 6.45) is 4.50. The maximum Gasteiger partial charge on any atom is 0.233 e. The highest BCUT2D eigenvalue weighted by Gasteiger charge is 2.54. The third-order valence-electron chi connectivity index (χ3n) is 4.54. The minimum atomic E-state index is -0.694. The zero-order chi connectivity index (χ0) is 13.5. The van der Waals surface area contributed by atoms with E-state index < -0.39 is 5.54 Å². The molecule has 0 radical (unpaired) electrons. The Morgan fingerprint density at radius 1 is 1.17 bits per heavy atom. The minimum absolute atomic E-state index is 0.109. The molecule has 2 N–H and O–H groups in total. The van der Waals surface area contributed by atoms with Crippen molar-refractivity contribution in [2.45, 2.75) is 51.5 Å². The average Bonchev–Trinajstić information content (AvgIpc) is 2.55. The van der Waals surface area contributed by atoms with Crippen LogP contribution >= 0.6 is 12.2 Å². The summed E-state index contributed by atoms with van der Waals surface area (Å²) in [6.45, 7) is 3.61. The second-order valence-corrected chi connectivity index (χ2v) is 5.99. The normalized spacial score (nSPS) is 31.8. The summed E-state index contributed by atoms with van der Waals surface area (Å²) < 4.78 is 0. The highest BCUT2D eigenvalue weighted by molar-refractivity contribution is 7.80. The number of carbonyl (C=O) groups is 2. The van der Waals surface area contributed by atoms with E-state index in [4.69, 9.17) is 18.0 Å². The smallest absolute Gasteiger partial charge is 0.233 e. The van der Waals surface area contributed by atoms with Crippen molar-refractivity contribution in [2.75, 3.05) is 0 Å². The second kappa shape index (κ2) is 4.61. The van der Waals surface area contributed by atoms with Crippen molar-refractivity contribution in [3.8, 4) is 0 Å². The lowest BCUT2D eigenvalue weighted by atomic mass is 9.80. The maximum atomic E-state index is 12.3. The summed E-state index contributed by atoms with van der Waals surface area (Å²) in [6, 6.07) is 0. The van der Waals surface area contributed by atoms with Gasteiger partial charge in [-0.1, -0.05) is 45.3 Å². The maximum absolute atomic E-state index is 12.3. The quantitative estimate of drug-likeness (QED) is 0.610. The molecule has 4 nitrogen and oxygen atoms in total. The first-order valence-corrected chi connectivity index (χ1v) is 7.00. The fourth-order valence-corrected chi connectivity index (χ4v) is 3.38. The van der Waals surface area contributed by atoms with Gasteiger partial charge in [-0.3, -0.25) is 14.5 Å². The van der Waals surface area contributed by atoms with Gasteiger partial charge in [-0.25, -0.2) is 0 Å². The van der Waals surface area contributed by atoms with Crippen molar-refractivity contribution in [2.24, 2.45) is 17.6 Å². The summed E-state index contributed by atoms with van der Waals surface area (Å²) in [5, 5.41) is 0. The number of carbonyl (C=O) groups excluding carboxylic acids is 2. The van der Waals surface area contributed by atoms with Gasteiger partial charge in [0.05, 0.1) is 4.99 Å². The molecule has 100 valence electrons. The van der Waals surface area contributed by atoms with Crippen LogP contribution in [0.4, 0.5) is 0 Å². The Morgan fingerprint density at radius 3 is 2.00 bits per heavy atom. The van der Waals surface area contributed by atoms with Crippen LogP contribution in [-0.2, 0) is 9.59 Å². The molecule has 2 fully saturated rings. The average molecular weight is 268 g/mol. The summed E-state index contributed by atoms with van der Waals surface area (Å²) in [5.41, 5.74) is 5.19. The largest absolute Gasteiger partial charge is 0.391 e. The fraction of sp³-hybridized carbons (Fsp3) is 0.769. The van der Waals surface area contributed by atoms with Crippen LogP contribution in [0.2, 0.25) is 0 Å². The highest BCUT2D eigenvalue weighted by Crippen LogP contribution is 2.40. The first-order chi connectivity index (χ1) is 8.42. The number of likely N-dealkylation sites (tertiary alicyclic amines) is 1. The Kier molecular flexibility index (Phi) is 3.45. The number of thiocarbonyl (C=S) groups is 1. The van der Waals surface area contributed by atoms with Crippen LogP contribution in [0.1, 0.15) is 46.0 Å². The number of nitrogens with zero attached hydrogens (tertiary/aromatic N) is 1. The lowest BCUT2D eigenvalue weighted by molar-refractivity contribution is -0.145. The van der Waals surface area contributed by atoms with E-state index in [0.29, 0.717) is 4.99 Å². The zero-order valence-electron chi connectivity index (χ0n) is 10.9. The molecular weight excluding hydrogens is 248 g/mol. The van der Waals surface area contributed by atoms with Crippen LogP contribution in [0.15, 0.2) is 0 Å². The van der Waals surface area contributed by atoms with Crippen molar-refractivity contribution >= 4 is 29.0 Å². The molecule has 2 atom stereocenters. The number of nitrogens with two attached hydrogens (primary N) is 1. The molecule has 0 aromatic rings. The van der Waals surface area contributed by atoms with Crippen molar-refractivity contribution in [3.63, 3.8) is 0 Å². The molecule has 0 spiro atoms. The molecule has 1 heterocycles. The molecule has 1 saturated heterocycles. The second-order valence-electron chi connectivity index (χ2n) is 5.55. The van der Waals surface area contributed by atoms with Crippen molar-refractivity contribution in [1.82, 2.24) is 4.90 Å². The van der Waals surface area contributed by atoms with Gasteiger partial charge in [0.25, 0.3) is 0 Å². The standard InChI is InChI=1S/C13H20N2O2S/c1-8-9(2)11(17)15(10(8)16)13(12(14)18)6-4-3-5-7-13/h8-9H,3-7H2,1-2H3,(H2,14,18). The molecule has 1 aliphatic carbocycles. The van der Waals surface area contributed by atoms with Gasteiger partial charge in [-0.05, 0) is 12.8 Å². The Bertz CT molecular complexity index is 382. The molecule has 2 unspecified atom stereocenters. The molecule has 2 aliphatic rings. The topological polar surface area (TPSA) is 63.4 Å². The summed E-state index contributed by atoms with van der Waals surface area (Å²) in [4.78, 5) is 26.3. The molecule has 0 aromatic heterocycles. The van der Waals surface area contributed by atoms with E-state index in [0.717, 1.165) is 32.1 Å². The van der Waals surface area contributed by atoms with Crippen LogP contribution in [0, 0.1) is 11.8 Å². The van der Waals surface area contributed by atoms with Gasteiger partial charge in [-0.15, -0.1) is 0 Å². The minimum Gasteiger partial charge on any atom is -0.391 e. The van der Waals surface area contributed by atoms with E-state index >= 15 is 0 Å². The van der Waals surface area contributed by atoms with E-state index in [9.17, 15) is 9.59 Å². The molecule has 1 saturated carbocycles. The van der Waals surface area contributed by atoms with Gasteiger partial charge in [0.2, 0.25) is 11.8 Å². The van der Waals surface area contributed by atoms with Gasteiger partial charge >= 0.3 is 0 Å². The number of rotatable bonds is 2. The van der Waals surface area contributed by atoms with Gasteiger partial charge in [-0.2, -0.15) is 0 Å². The van der Waals surface area contributed by atoms with Gasteiger partial charge in [0, 0.05) is 11.8 Å². The molecule has 0 bridgehead atoms. The van der Waals surface area contributed by atoms with Crippen LogP contribution in [0.3, 0.4) is 0 Å². The van der Waals surface area contributed by atoms with Gasteiger partial charge < -0.3 is 5.73 Å². The predicted octanol–water partition coefficient (Wildman–Crippen LogP) is 1.62. The van der Waals surface area contributed by atoms with Gasteiger partial charge in [0.15, 0.2) is 0 Å². The van der Waals surface area contributed by atoms with E-state index in [-0.39, 0.29) is 23.7 Å². The van der Waals surface area contributed by atoms with Crippen molar-refractivity contribution < 1.29 is 9.59 Å². The number of hydrogen-bond donors (Lipinski definition) is 1. The highest BCUT2D eigenvalue weighted by atomic mass is 32.1. The number of hydrogen-bond acceptors (Lipinski definition) is 3. The lowest BCUT2D eigenvalue weighted by Gasteiger charge is -2.42. The van der Waals surface area contributed by atoms with Crippen LogP contribution in [0.25, 0.3) is 0 Å². The molecule has 5 heteroatoms. The molecule has 18 heavy (non-hydrogen) atoms. The Labute approximate surface area is 113 Å². The molecule has 0 aromatic carbocycles. The number of imide groups is 1. The SMILES string of the molecule is CC1C(=O)N(C2(C(N)=S)CCCCC2)C(=O)C1C. The van der Waals surface area contributed by atoms with E-state index in [1.165, 1.54) is 4.90 Å². The monoisotopic (exact) mass is 268 g/mol. The Balaban J connectivity index is 2.40. The predicted molar refractivity (Wildman–Crippen MR) is 72.8 cm³/mol.